The van der Waals surface area contributed by atoms with Gasteiger partial charge in [0.05, 0.1) is 17.4 Å². The number of benzene rings is 1. The lowest BCUT2D eigenvalue weighted by Gasteiger charge is -2.23. The van der Waals surface area contributed by atoms with E-state index in [-0.39, 0.29) is 5.54 Å². The van der Waals surface area contributed by atoms with Crippen molar-refractivity contribution in [2.45, 2.75) is 32.9 Å². The van der Waals surface area contributed by atoms with Crippen LogP contribution in [-0.4, -0.2) is 38.3 Å². The van der Waals surface area contributed by atoms with Gasteiger partial charge in [-0.15, -0.1) is 5.10 Å². The highest BCUT2D eigenvalue weighted by molar-refractivity contribution is 6.30. The van der Waals surface area contributed by atoms with Crippen molar-refractivity contribution >= 4 is 17.3 Å². The molecule has 152 valence electrons. The highest BCUT2D eigenvalue weighted by Gasteiger charge is 2.26. The van der Waals surface area contributed by atoms with Gasteiger partial charge in [0, 0.05) is 24.3 Å². The van der Waals surface area contributed by atoms with Crippen molar-refractivity contribution in [3.05, 3.63) is 53.4 Å². The second-order valence-electron chi connectivity index (χ2n) is 7.80. The fraction of sp³-hybridized carbons (Fsp3) is 0.368. The summed E-state index contributed by atoms with van der Waals surface area (Å²) >= 11 is 5.96. The van der Waals surface area contributed by atoms with Gasteiger partial charge >= 0.3 is 0 Å². The van der Waals surface area contributed by atoms with Crippen LogP contribution in [0.2, 0.25) is 5.02 Å². The minimum absolute atomic E-state index is 0.206. The molecule has 2 aromatic heterocycles. The summed E-state index contributed by atoms with van der Waals surface area (Å²) < 4.78 is 9.71. The number of aromatic nitrogens is 4. The average Bonchev–Trinajstić information content (AvgIpc) is 3.38. The summed E-state index contributed by atoms with van der Waals surface area (Å²) in [5, 5.41) is 21.6. The van der Waals surface area contributed by atoms with Crippen molar-refractivity contribution in [1.29, 1.82) is 0 Å². The van der Waals surface area contributed by atoms with Crippen LogP contribution < -0.4 is 9.75 Å². The molecular weight excluding hydrogens is 392 g/mol. The Kier molecular flexibility index (Phi) is 4.91. The Morgan fingerprint density at radius 3 is 2.52 bits per heavy atom. The Morgan fingerprint density at radius 1 is 1.10 bits per heavy atom. The zero-order valence-electron chi connectivity index (χ0n) is 16.8. The van der Waals surface area contributed by atoms with Gasteiger partial charge in [0.2, 0.25) is 5.88 Å². The van der Waals surface area contributed by atoms with Crippen molar-refractivity contribution in [3.8, 4) is 11.6 Å². The maximum atomic E-state index is 6.01. The lowest BCUT2D eigenvalue weighted by Crippen LogP contribution is -2.28. The number of ether oxygens (including phenoxy) is 1. The Labute approximate surface area is 174 Å². The average molecular weight is 415 g/mol. The molecule has 29 heavy (non-hydrogen) atoms. The molecule has 0 amide bonds. The van der Waals surface area contributed by atoms with Crippen LogP contribution >= 0.6 is 11.6 Å². The number of nitrogens with zero attached hydrogens (tertiary/aromatic N) is 8. The molecule has 1 aliphatic rings. The van der Waals surface area contributed by atoms with E-state index in [1.54, 1.807) is 20.9 Å². The van der Waals surface area contributed by atoms with Crippen molar-refractivity contribution in [3.63, 3.8) is 0 Å². The molecule has 0 saturated heterocycles. The number of anilines is 1. The van der Waals surface area contributed by atoms with E-state index < -0.39 is 0 Å². The Balaban J connectivity index is 1.55. The van der Waals surface area contributed by atoms with Crippen LogP contribution in [0.5, 0.6) is 5.88 Å². The molecular formula is C19H23ClN8O. The first-order valence-electron chi connectivity index (χ1n) is 9.23. The maximum Gasteiger partial charge on any atom is 0.233 e. The molecule has 1 aliphatic heterocycles. The lowest BCUT2D eigenvalue weighted by molar-refractivity contribution is 0.256. The minimum Gasteiger partial charge on any atom is -0.470 e. The van der Waals surface area contributed by atoms with Crippen LogP contribution in [0.3, 0.4) is 0 Å². The van der Waals surface area contributed by atoms with Crippen molar-refractivity contribution in [1.82, 2.24) is 24.6 Å². The molecule has 0 spiro atoms. The first-order valence-corrected chi connectivity index (χ1v) is 9.61. The molecule has 3 aromatic rings. The number of hydrogen-bond donors (Lipinski definition) is 0. The van der Waals surface area contributed by atoms with Gasteiger partial charge in [-0.3, -0.25) is 9.69 Å². The lowest BCUT2D eigenvalue weighted by atomic mass is 10.1. The summed E-state index contributed by atoms with van der Waals surface area (Å²) in [7, 11) is 1.87. The molecule has 0 atom stereocenters. The van der Waals surface area contributed by atoms with Crippen LogP contribution in [-0.2, 0) is 12.1 Å². The monoisotopic (exact) mass is 414 g/mol. The summed E-state index contributed by atoms with van der Waals surface area (Å²) in [6, 6.07) is 9.29. The van der Waals surface area contributed by atoms with Crippen LogP contribution in [0, 0.1) is 0 Å². The maximum absolute atomic E-state index is 6.01. The van der Waals surface area contributed by atoms with E-state index in [9.17, 15) is 0 Å². The van der Waals surface area contributed by atoms with Crippen LogP contribution in [0.15, 0.2) is 53.2 Å². The van der Waals surface area contributed by atoms with E-state index in [0.29, 0.717) is 24.2 Å². The summed E-state index contributed by atoms with van der Waals surface area (Å²) in [4.78, 5) is 0. The Bertz CT molecular complexity index is 1020. The van der Waals surface area contributed by atoms with E-state index in [1.807, 2.05) is 48.3 Å². The van der Waals surface area contributed by atoms with Gasteiger partial charge in [-0.05, 0) is 50.3 Å². The van der Waals surface area contributed by atoms with Gasteiger partial charge in [-0.25, -0.2) is 9.69 Å². The smallest absolute Gasteiger partial charge is 0.233 e. The van der Waals surface area contributed by atoms with E-state index in [2.05, 4.69) is 41.4 Å². The van der Waals surface area contributed by atoms with Gasteiger partial charge in [0.1, 0.15) is 24.7 Å². The molecule has 9 nitrogen and oxygen atoms in total. The van der Waals surface area contributed by atoms with E-state index in [1.165, 1.54) is 0 Å². The fourth-order valence-electron chi connectivity index (χ4n) is 3.05. The zero-order valence-corrected chi connectivity index (χ0v) is 17.6. The summed E-state index contributed by atoms with van der Waals surface area (Å²) in [6.07, 6.45) is 3.65. The molecule has 0 fully saturated rings. The van der Waals surface area contributed by atoms with Gasteiger partial charge in [0.15, 0.2) is 0 Å². The first kappa shape index (κ1) is 19.3. The van der Waals surface area contributed by atoms with E-state index in [0.717, 1.165) is 17.1 Å². The molecule has 0 unspecified atom stereocenters. The SMILES string of the molecule is CN1CN(c2cnn(C(C)(C)C)c2COc2ccn(-c3ccc(Cl)cc3)n2)N=N1. The number of hydrogen-bond acceptors (Lipinski definition) is 7. The third-order valence-corrected chi connectivity index (χ3v) is 4.66. The molecule has 4 rings (SSSR count). The second kappa shape index (κ2) is 7.40. The van der Waals surface area contributed by atoms with Crippen molar-refractivity contribution < 1.29 is 4.74 Å². The fourth-order valence-corrected chi connectivity index (χ4v) is 3.18. The topological polar surface area (TPSA) is 76.1 Å². The standard InChI is InChI=1S/C19H23ClN8O/c1-19(2,3)28-17(16(11-21-28)27-13-25(4)23-24-27)12-29-18-9-10-26(22-18)15-7-5-14(20)6-8-15/h5-11H,12-13H2,1-4H3. The zero-order chi connectivity index (χ0) is 20.6. The molecule has 0 bridgehead atoms. The van der Waals surface area contributed by atoms with Gasteiger partial charge < -0.3 is 4.74 Å². The van der Waals surface area contributed by atoms with Gasteiger partial charge in [-0.1, -0.05) is 16.8 Å². The summed E-state index contributed by atoms with van der Waals surface area (Å²) in [5.41, 5.74) is 2.48. The van der Waals surface area contributed by atoms with Crippen molar-refractivity contribution in [2.75, 3.05) is 18.7 Å². The molecule has 0 radical (unpaired) electrons. The quantitative estimate of drug-likeness (QED) is 0.629. The van der Waals surface area contributed by atoms with Crippen LogP contribution in [0.25, 0.3) is 5.69 Å². The third kappa shape index (κ3) is 4.04. The largest absolute Gasteiger partial charge is 0.470 e. The highest BCUT2D eigenvalue weighted by Crippen LogP contribution is 2.29. The second-order valence-corrected chi connectivity index (χ2v) is 8.24. The highest BCUT2D eigenvalue weighted by atomic mass is 35.5. The molecule has 10 heteroatoms. The predicted molar refractivity (Wildman–Crippen MR) is 110 cm³/mol. The molecule has 0 aliphatic carbocycles. The summed E-state index contributed by atoms with van der Waals surface area (Å²) in [6.45, 7) is 7.16. The van der Waals surface area contributed by atoms with E-state index in [4.69, 9.17) is 16.3 Å². The third-order valence-electron chi connectivity index (χ3n) is 4.41. The van der Waals surface area contributed by atoms with Gasteiger partial charge in [-0.2, -0.15) is 5.10 Å². The first-order chi connectivity index (χ1) is 13.8. The van der Waals surface area contributed by atoms with E-state index >= 15 is 0 Å². The normalized spacial score (nSPS) is 14.1. The number of rotatable bonds is 5. The molecule has 3 heterocycles. The Hall–Kier alpha value is -3.07. The van der Waals surface area contributed by atoms with Gasteiger partial charge in [0.25, 0.3) is 0 Å². The van der Waals surface area contributed by atoms with Crippen LogP contribution in [0.4, 0.5) is 5.69 Å². The summed E-state index contributed by atoms with van der Waals surface area (Å²) in [5.74, 6) is 0.521. The van der Waals surface area contributed by atoms with Crippen LogP contribution in [0.1, 0.15) is 26.5 Å². The molecule has 1 aromatic carbocycles. The number of halogens is 1. The minimum atomic E-state index is -0.206. The van der Waals surface area contributed by atoms with Crippen molar-refractivity contribution in [2.24, 2.45) is 10.4 Å². The predicted octanol–water partition coefficient (Wildman–Crippen LogP) is 4.05. The molecule has 0 saturated carbocycles. The Morgan fingerprint density at radius 2 is 1.86 bits per heavy atom. The molecule has 0 N–H and O–H groups in total.